The van der Waals surface area contributed by atoms with Crippen molar-refractivity contribution in [2.45, 2.75) is 38.6 Å². The third-order valence-corrected chi connectivity index (χ3v) is 8.71. The summed E-state index contributed by atoms with van der Waals surface area (Å²) in [5, 5.41) is 6.54. The molecule has 6 heteroatoms. The molecule has 1 unspecified atom stereocenters. The molecule has 3 fully saturated rings. The number of piperazine rings is 1. The Hall–Kier alpha value is -3.51. The summed E-state index contributed by atoms with van der Waals surface area (Å²) in [5.41, 5.74) is 7.50. The van der Waals surface area contributed by atoms with Crippen molar-refractivity contribution in [1.29, 1.82) is 0 Å². The predicted octanol–water partition coefficient (Wildman–Crippen LogP) is 6.24. The lowest BCUT2D eigenvalue weighted by molar-refractivity contribution is 0.201. The average Bonchev–Trinajstić information content (AvgIpc) is 2.95. The van der Waals surface area contributed by atoms with Gasteiger partial charge >= 0.3 is 0 Å². The molecule has 40 heavy (non-hydrogen) atoms. The van der Waals surface area contributed by atoms with Crippen molar-refractivity contribution in [1.82, 2.24) is 15.5 Å². The van der Waals surface area contributed by atoms with E-state index in [4.69, 9.17) is 0 Å². The van der Waals surface area contributed by atoms with Crippen LogP contribution in [0.3, 0.4) is 0 Å². The zero-order valence-corrected chi connectivity index (χ0v) is 24.0. The summed E-state index contributed by atoms with van der Waals surface area (Å²) in [7, 11) is 0. The van der Waals surface area contributed by atoms with Gasteiger partial charge in [0, 0.05) is 79.8 Å². The van der Waals surface area contributed by atoms with Gasteiger partial charge < -0.3 is 20.4 Å². The molecule has 3 aliphatic heterocycles. The van der Waals surface area contributed by atoms with E-state index in [9.17, 15) is 0 Å². The lowest BCUT2D eigenvalue weighted by Gasteiger charge is -2.40. The van der Waals surface area contributed by atoms with Gasteiger partial charge in [-0.2, -0.15) is 0 Å². The van der Waals surface area contributed by atoms with Gasteiger partial charge in [-0.1, -0.05) is 44.0 Å². The van der Waals surface area contributed by atoms with Gasteiger partial charge in [0.15, 0.2) is 0 Å². The molecule has 0 aliphatic carbocycles. The molecule has 0 spiro atoms. The maximum atomic E-state index is 15.2. The molecule has 5 rings (SSSR count). The van der Waals surface area contributed by atoms with Crippen LogP contribution >= 0.6 is 0 Å². The third kappa shape index (κ3) is 6.61. The van der Waals surface area contributed by atoms with E-state index in [-0.39, 0.29) is 11.9 Å². The molecule has 212 valence electrons. The Morgan fingerprint density at radius 2 is 1.55 bits per heavy atom. The van der Waals surface area contributed by atoms with Crippen LogP contribution in [0.1, 0.15) is 43.7 Å². The van der Waals surface area contributed by atoms with E-state index < -0.39 is 0 Å². The SMILES string of the molecule is C=C1CCC(NC(=C)c2ccc(N3CCN(CC4CCN(c5ccc(C(=C)C)cc5)CC4)CC3)cc2F)C(=C)N1. The number of anilines is 2. The van der Waals surface area contributed by atoms with Crippen molar-refractivity contribution < 1.29 is 4.39 Å². The fourth-order valence-corrected chi connectivity index (χ4v) is 6.15. The minimum Gasteiger partial charge on any atom is -0.377 e. The predicted molar refractivity (Wildman–Crippen MR) is 168 cm³/mol. The number of nitrogens with one attached hydrogen (secondary N) is 2. The highest BCUT2D eigenvalue weighted by Gasteiger charge is 2.25. The maximum absolute atomic E-state index is 15.2. The highest BCUT2D eigenvalue weighted by molar-refractivity contribution is 5.66. The van der Waals surface area contributed by atoms with E-state index in [1.807, 2.05) is 12.1 Å². The first-order chi connectivity index (χ1) is 19.3. The van der Waals surface area contributed by atoms with Gasteiger partial charge in [0.1, 0.15) is 5.82 Å². The summed E-state index contributed by atoms with van der Waals surface area (Å²) in [6.45, 7) is 25.5. The second-order valence-corrected chi connectivity index (χ2v) is 11.7. The van der Waals surface area contributed by atoms with Crippen molar-refractivity contribution in [2.24, 2.45) is 5.92 Å². The molecule has 2 aromatic carbocycles. The van der Waals surface area contributed by atoms with Gasteiger partial charge in [-0.05, 0) is 74.4 Å². The van der Waals surface area contributed by atoms with Gasteiger partial charge in [-0.15, -0.1) is 0 Å². The summed E-state index contributed by atoms with van der Waals surface area (Å²) in [5.74, 6) is 0.499. The van der Waals surface area contributed by atoms with Crippen molar-refractivity contribution in [3.05, 3.63) is 97.1 Å². The second-order valence-electron chi connectivity index (χ2n) is 11.7. The zero-order chi connectivity index (χ0) is 28.2. The molecule has 3 heterocycles. The minimum absolute atomic E-state index is 0.0191. The molecule has 2 aromatic rings. The van der Waals surface area contributed by atoms with Crippen LogP contribution in [0, 0.1) is 11.7 Å². The number of allylic oxidation sites excluding steroid dienone is 2. The Morgan fingerprint density at radius 1 is 0.900 bits per heavy atom. The van der Waals surface area contributed by atoms with E-state index >= 15 is 4.39 Å². The molecule has 0 radical (unpaired) electrons. The lowest BCUT2D eigenvalue weighted by Crippen LogP contribution is -2.49. The minimum atomic E-state index is -0.239. The van der Waals surface area contributed by atoms with E-state index in [0.29, 0.717) is 11.3 Å². The number of piperidine rings is 2. The molecule has 0 amide bonds. The smallest absolute Gasteiger partial charge is 0.134 e. The standard InChI is InChI=1S/C34H44FN5/c1-24(2)29-7-9-30(10-8-29)39-16-14-28(15-17-39)23-38-18-20-40(21-19-38)31-11-12-32(33(35)22-31)26(4)37-34-13-6-25(3)36-27(34)5/h7-12,22,28,34,36-37H,1,3-6,13-21,23H2,2H3. The van der Waals surface area contributed by atoms with Gasteiger partial charge in [0.2, 0.25) is 0 Å². The molecular weight excluding hydrogens is 497 g/mol. The summed E-state index contributed by atoms with van der Waals surface area (Å²) in [6.07, 6.45) is 4.19. The number of benzene rings is 2. The molecule has 1 atom stereocenters. The Bertz CT molecular complexity index is 1250. The Labute approximate surface area is 239 Å². The molecular formula is C34H44FN5. The molecule has 3 aliphatic rings. The summed E-state index contributed by atoms with van der Waals surface area (Å²) in [6, 6.07) is 14.4. The highest BCUT2D eigenvalue weighted by Crippen LogP contribution is 2.28. The summed E-state index contributed by atoms with van der Waals surface area (Å²) < 4.78 is 15.2. The zero-order valence-electron chi connectivity index (χ0n) is 24.0. The van der Waals surface area contributed by atoms with Gasteiger partial charge in [-0.25, -0.2) is 4.39 Å². The Balaban J connectivity index is 1.07. The third-order valence-electron chi connectivity index (χ3n) is 8.71. The van der Waals surface area contributed by atoms with Gasteiger partial charge in [-0.3, -0.25) is 4.90 Å². The largest absolute Gasteiger partial charge is 0.377 e. The van der Waals surface area contributed by atoms with Crippen LogP contribution in [0.2, 0.25) is 0 Å². The Kier molecular flexibility index (Phi) is 8.65. The highest BCUT2D eigenvalue weighted by atomic mass is 19.1. The fourth-order valence-electron chi connectivity index (χ4n) is 6.15. The second kappa shape index (κ2) is 12.3. The van der Waals surface area contributed by atoms with Crippen molar-refractivity contribution in [3.63, 3.8) is 0 Å². The van der Waals surface area contributed by atoms with Crippen LogP contribution in [0.4, 0.5) is 15.8 Å². The number of hydrogen-bond acceptors (Lipinski definition) is 5. The van der Waals surface area contributed by atoms with Gasteiger partial charge in [0.25, 0.3) is 0 Å². The van der Waals surface area contributed by atoms with Crippen molar-refractivity contribution >= 4 is 22.6 Å². The van der Waals surface area contributed by atoms with Crippen molar-refractivity contribution in [2.75, 3.05) is 55.6 Å². The van der Waals surface area contributed by atoms with Crippen LogP contribution < -0.4 is 20.4 Å². The summed E-state index contributed by atoms with van der Waals surface area (Å²) in [4.78, 5) is 7.41. The van der Waals surface area contributed by atoms with Crippen LogP contribution in [0.25, 0.3) is 11.3 Å². The normalized spacial score (nSPS) is 20.8. The van der Waals surface area contributed by atoms with Crippen molar-refractivity contribution in [3.8, 4) is 0 Å². The molecule has 5 nitrogen and oxygen atoms in total. The van der Waals surface area contributed by atoms with E-state index in [1.54, 1.807) is 6.07 Å². The van der Waals surface area contributed by atoms with Crippen LogP contribution in [0.5, 0.6) is 0 Å². The molecule has 0 saturated carbocycles. The monoisotopic (exact) mass is 541 g/mol. The molecule has 0 bridgehead atoms. The summed E-state index contributed by atoms with van der Waals surface area (Å²) >= 11 is 0. The van der Waals surface area contributed by atoms with E-state index in [1.165, 1.54) is 24.1 Å². The topological polar surface area (TPSA) is 33.8 Å². The van der Waals surface area contributed by atoms with Crippen LogP contribution in [-0.2, 0) is 0 Å². The number of nitrogens with zero attached hydrogens (tertiary/aromatic N) is 3. The molecule has 0 aromatic heterocycles. The quantitative estimate of drug-likeness (QED) is 0.414. The molecule has 3 saturated heterocycles. The average molecular weight is 542 g/mol. The first kappa shape index (κ1) is 28.0. The van der Waals surface area contributed by atoms with Crippen LogP contribution in [0.15, 0.2) is 80.2 Å². The van der Waals surface area contributed by atoms with E-state index in [0.717, 1.165) is 87.2 Å². The first-order valence-corrected chi connectivity index (χ1v) is 14.6. The Morgan fingerprint density at radius 3 is 2.17 bits per heavy atom. The van der Waals surface area contributed by atoms with E-state index in [2.05, 4.69) is 82.8 Å². The number of rotatable bonds is 8. The first-order valence-electron chi connectivity index (χ1n) is 14.6. The fraction of sp³-hybridized carbons (Fsp3) is 0.412. The van der Waals surface area contributed by atoms with Crippen LogP contribution in [-0.4, -0.2) is 56.8 Å². The van der Waals surface area contributed by atoms with Gasteiger partial charge in [0.05, 0.1) is 6.04 Å². The molecule has 2 N–H and O–H groups in total. The number of hydrogen-bond donors (Lipinski definition) is 2. The number of halogens is 1. The lowest BCUT2D eigenvalue weighted by atomic mass is 9.95. The maximum Gasteiger partial charge on any atom is 0.134 e.